The van der Waals surface area contributed by atoms with Crippen molar-refractivity contribution in [3.8, 4) is 0 Å². The third-order valence-electron chi connectivity index (χ3n) is 5.76. The number of nitrogens with one attached hydrogen (secondary N) is 2. The number of piperidine rings is 1. The van der Waals surface area contributed by atoms with Crippen LogP contribution in [-0.2, 0) is 11.3 Å². The monoisotopic (exact) mass is 549 g/mol. The molecule has 0 radical (unpaired) electrons. The number of rotatable bonds is 9. The number of para-hydroxylation sites is 1. The predicted octanol–water partition coefficient (Wildman–Crippen LogP) is 4.15. The molecule has 1 aliphatic rings. The number of carbonyl (C=O) groups excluding carboxylic acids is 1. The molecule has 0 aromatic heterocycles. The Morgan fingerprint density at radius 1 is 1.06 bits per heavy atom. The van der Waals surface area contributed by atoms with E-state index in [1.807, 2.05) is 30.3 Å². The van der Waals surface area contributed by atoms with Gasteiger partial charge in [0, 0.05) is 18.2 Å². The average Bonchev–Trinajstić information content (AvgIpc) is 2.79. The smallest absolute Gasteiger partial charge is 0.220 e. The van der Waals surface area contributed by atoms with E-state index in [0.717, 1.165) is 63.5 Å². The van der Waals surface area contributed by atoms with Crippen molar-refractivity contribution in [2.45, 2.75) is 39.2 Å². The van der Waals surface area contributed by atoms with Crippen molar-refractivity contribution >= 4 is 41.5 Å². The zero-order valence-electron chi connectivity index (χ0n) is 18.9. The summed E-state index contributed by atoms with van der Waals surface area (Å²) in [5, 5.41) is 6.87. The van der Waals surface area contributed by atoms with Crippen LogP contribution in [0.25, 0.3) is 0 Å². The molecule has 0 unspecified atom stereocenters. The third-order valence-corrected chi connectivity index (χ3v) is 5.76. The molecule has 1 heterocycles. The third kappa shape index (κ3) is 9.16. The molecule has 4 N–H and O–H groups in total. The van der Waals surface area contributed by atoms with Gasteiger partial charge in [0.15, 0.2) is 5.96 Å². The van der Waals surface area contributed by atoms with E-state index in [1.54, 1.807) is 0 Å². The number of unbranched alkanes of at least 4 members (excludes halogenated alkanes) is 1. The Labute approximate surface area is 209 Å². The van der Waals surface area contributed by atoms with Crippen LogP contribution in [-0.4, -0.2) is 42.9 Å². The Kier molecular flexibility index (Phi) is 11.5. The minimum Gasteiger partial charge on any atom is -0.369 e. The fourth-order valence-corrected chi connectivity index (χ4v) is 3.77. The van der Waals surface area contributed by atoms with Gasteiger partial charge in [0.25, 0.3) is 0 Å². The molecule has 6 nitrogen and oxygen atoms in total. The van der Waals surface area contributed by atoms with E-state index in [1.165, 1.54) is 11.1 Å². The molecule has 32 heavy (non-hydrogen) atoms. The Bertz CT molecular complexity index is 833. The van der Waals surface area contributed by atoms with E-state index >= 15 is 0 Å². The summed E-state index contributed by atoms with van der Waals surface area (Å²) in [6, 6.07) is 18.6. The van der Waals surface area contributed by atoms with Gasteiger partial charge < -0.3 is 21.3 Å². The number of likely N-dealkylation sites (tertiary alicyclic amines) is 1. The number of benzene rings is 2. The number of aryl methyl sites for hydroxylation is 1. The van der Waals surface area contributed by atoms with Crippen molar-refractivity contribution in [2.75, 3.05) is 31.5 Å². The minimum absolute atomic E-state index is 0. The van der Waals surface area contributed by atoms with Crippen LogP contribution in [0.2, 0.25) is 0 Å². The highest BCUT2D eigenvalue weighted by molar-refractivity contribution is 14.0. The van der Waals surface area contributed by atoms with Gasteiger partial charge in [0.05, 0.1) is 6.54 Å². The first-order chi connectivity index (χ1) is 15.1. The first kappa shape index (κ1) is 26.1. The number of primary amides is 1. The van der Waals surface area contributed by atoms with Crippen LogP contribution in [0.1, 0.15) is 36.8 Å². The fourth-order valence-electron chi connectivity index (χ4n) is 3.77. The molecule has 2 aromatic rings. The van der Waals surface area contributed by atoms with Gasteiger partial charge in [0.2, 0.25) is 5.91 Å². The quantitative estimate of drug-likeness (QED) is 0.190. The van der Waals surface area contributed by atoms with Gasteiger partial charge in [-0.05, 0) is 69.9 Å². The molecule has 174 valence electrons. The van der Waals surface area contributed by atoms with E-state index in [4.69, 9.17) is 10.7 Å². The molecule has 7 heteroatoms. The van der Waals surface area contributed by atoms with Crippen LogP contribution in [0.5, 0.6) is 0 Å². The van der Waals surface area contributed by atoms with Gasteiger partial charge >= 0.3 is 0 Å². The number of aliphatic imine (C=N–C) groups is 1. The van der Waals surface area contributed by atoms with Gasteiger partial charge in [-0.2, -0.15) is 0 Å². The maximum Gasteiger partial charge on any atom is 0.220 e. The summed E-state index contributed by atoms with van der Waals surface area (Å²) >= 11 is 0. The second-order valence-corrected chi connectivity index (χ2v) is 8.29. The Balaban J connectivity index is 0.00000363. The number of anilines is 1. The van der Waals surface area contributed by atoms with E-state index in [2.05, 4.69) is 46.7 Å². The number of hydrogen-bond acceptors (Lipinski definition) is 3. The second-order valence-electron chi connectivity index (χ2n) is 8.29. The maximum atomic E-state index is 11.3. The maximum absolute atomic E-state index is 11.3. The number of nitrogens with zero attached hydrogens (tertiary/aromatic N) is 2. The van der Waals surface area contributed by atoms with Crippen LogP contribution in [0.15, 0.2) is 59.6 Å². The Morgan fingerprint density at radius 3 is 2.41 bits per heavy atom. The molecule has 3 rings (SSSR count). The van der Waals surface area contributed by atoms with Gasteiger partial charge in [0.1, 0.15) is 0 Å². The normalized spacial score (nSPS) is 15.1. The number of hydrogen-bond donors (Lipinski definition) is 3. The lowest BCUT2D eigenvalue weighted by molar-refractivity contribution is -0.123. The molecule has 0 bridgehead atoms. The van der Waals surface area contributed by atoms with E-state index in [9.17, 15) is 4.79 Å². The lowest BCUT2D eigenvalue weighted by Crippen LogP contribution is -2.39. The highest BCUT2D eigenvalue weighted by Crippen LogP contribution is 2.16. The summed E-state index contributed by atoms with van der Waals surface area (Å²) in [6.07, 6.45) is 3.97. The highest BCUT2D eigenvalue weighted by atomic mass is 127. The van der Waals surface area contributed by atoms with Gasteiger partial charge in [-0.1, -0.05) is 48.0 Å². The topological polar surface area (TPSA) is 82.8 Å². The zero-order valence-corrected chi connectivity index (χ0v) is 21.3. The Hall–Kier alpha value is -2.13. The molecule has 0 saturated carbocycles. The van der Waals surface area contributed by atoms with E-state index in [0.29, 0.717) is 6.54 Å². The molecule has 1 aliphatic heterocycles. The number of nitrogens with two attached hydrogens (primary N) is 1. The fraction of sp³-hybridized carbons (Fsp3) is 0.440. The van der Waals surface area contributed by atoms with Gasteiger partial charge in [-0.15, -0.1) is 24.0 Å². The Morgan fingerprint density at radius 2 is 1.75 bits per heavy atom. The summed E-state index contributed by atoms with van der Waals surface area (Å²) < 4.78 is 0. The molecule has 1 fully saturated rings. The number of guanidine groups is 1. The van der Waals surface area contributed by atoms with Crippen molar-refractivity contribution in [3.05, 3.63) is 65.7 Å². The standard InChI is InChI=1S/C25H35N5O.HI/c1-20-9-11-21(12-10-20)19-28-25(29-23-7-3-2-4-8-23)27-15-5-6-16-30-17-13-22(14-18-30)24(26)31;/h2-4,7-12,22H,5-6,13-19H2,1H3,(H2,26,31)(H2,27,28,29);1H. The van der Waals surface area contributed by atoms with Gasteiger partial charge in [-0.25, -0.2) is 4.99 Å². The van der Waals surface area contributed by atoms with Gasteiger partial charge in [-0.3, -0.25) is 4.79 Å². The van der Waals surface area contributed by atoms with E-state index < -0.39 is 0 Å². The van der Waals surface area contributed by atoms with Crippen molar-refractivity contribution in [1.82, 2.24) is 10.2 Å². The minimum atomic E-state index is -0.146. The molecule has 0 aliphatic carbocycles. The van der Waals surface area contributed by atoms with Crippen molar-refractivity contribution < 1.29 is 4.79 Å². The highest BCUT2D eigenvalue weighted by Gasteiger charge is 2.22. The molecule has 0 atom stereocenters. The summed E-state index contributed by atoms with van der Waals surface area (Å²) in [4.78, 5) is 18.5. The average molecular weight is 550 g/mol. The number of halogens is 1. The van der Waals surface area contributed by atoms with Crippen LogP contribution >= 0.6 is 24.0 Å². The molecule has 1 amide bonds. The summed E-state index contributed by atoms with van der Waals surface area (Å²) in [7, 11) is 0. The summed E-state index contributed by atoms with van der Waals surface area (Å²) in [6.45, 7) is 6.60. The van der Waals surface area contributed by atoms with Crippen molar-refractivity contribution in [3.63, 3.8) is 0 Å². The first-order valence-electron chi connectivity index (χ1n) is 11.3. The summed E-state index contributed by atoms with van der Waals surface area (Å²) in [5.41, 5.74) is 8.89. The first-order valence-corrected chi connectivity index (χ1v) is 11.3. The lowest BCUT2D eigenvalue weighted by Gasteiger charge is -2.30. The zero-order chi connectivity index (χ0) is 21.9. The molecule has 2 aromatic carbocycles. The van der Waals surface area contributed by atoms with Crippen molar-refractivity contribution in [2.24, 2.45) is 16.6 Å². The molecule has 1 saturated heterocycles. The largest absolute Gasteiger partial charge is 0.369 e. The number of amides is 1. The lowest BCUT2D eigenvalue weighted by atomic mass is 9.96. The predicted molar refractivity (Wildman–Crippen MR) is 143 cm³/mol. The van der Waals surface area contributed by atoms with E-state index in [-0.39, 0.29) is 35.8 Å². The van der Waals surface area contributed by atoms with Crippen molar-refractivity contribution in [1.29, 1.82) is 0 Å². The molecular weight excluding hydrogens is 513 g/mol. The van der Waals surface area contributed by atoms with Crippen LogP contribution in [0.4, 0.5) is 5.69 Å². The second kappa shape index (κ2) is 14.1. The molecule has 0 spiro atoms. The van der Waals surface area contributed by atoms with Crippen LogP contribution in [0.3, 0.4) is 0 Å². The summed E-state index contributed by atoms with van der Waals surface area (Å²) in [5.74, 6) is 0.718. The van der Waals surface area contributed by atoms with Crippen LogP contribution < -0.4 is 16.4 Å². The van der Waals surface area contributed by atoms with Crippen LogP contribution in [0, 0.1) is 12.8 Å². The molecular formula is C25H36IN5O. The number of carbonyl (C=O) groups is 1. The SMILES string of the molecule is Cc1ccc(CN=C(NCCCCN2CCC(C(N)=O)CC2)Nc2ccccc2)cc1.I.